The van der Waals surface area contributed by atoms with Crippen LogP contribution in [-0.4, -0.2) is 40.7 Å². The maximum Gasteiger partial charge on any atom is 0.305 e. The van der Waals surface area contributed by atoms with Crippen LogP contribution in [0.1, 0.15) is 29.6 Å². The third-order valence-corrected chi connectivity index (χ3v) is 4.24. The molecule has 0 spiro atoms. The van der Waals surface area contributed by atoms with Gasteiger partial charge in [0.15, 0.2) is 0 Å². The van der Waals surface area contributed by atoms with Crippen LogP contribution in [0.5, 0.6) is 0 Å². The number of carboxylic acids is 1. The summed E-state index contributed by atoms with van der Waals surface area (Å²) in [6.45, 7) is 0.903. The van der Waals surface area contributed by atoms with Crippen LogP contribution in [0.3, 0.4) is 0 Å². The third kappa shape index (κ3) is 3.32. The fraction of sp³-hybridized carbons (Fsp3) is 0.353. The molecular formula is C17H18N2O4. The molecule has 23 heavy (non-hydrogen) atoms. The molecule has 1 aromatic carbocycles. The number of amides is 1. The van der Waals surface area contributed by atoms with Gasteiger partial charge in [0, 0.05) is 36.6 Å². The number of fused-ring (bicyclic) bond motifs is 1. The summed E-state index contributed by atoms with van der Waals surface area (Å²) in [4.78, 5) is 28.0. The SMILES string of the molecule is O=C(O)CC1(NC(=O)c2cccc3cnccc23)CCOCC1. The zero-order valence-corrected chi connectivity index (χ0v) is 12.6. The second-order valence-electron chi connectivity index (χ2n) is 5.82. The number of nitrogens with one attached hydrogen (secondary N) is 1. The van der Waals surface area contributed by atoms with Crippen molar-refractivity contribution >= 4 is 22.6 Å². The minimum Gasteiger partial charge on any atom is -0.481 e. The first kappa shape index (κ1) is 15.4. The molecule has 2 heterocycles. The van der Waals surface area contributed by atoms with Crippen LogP contribution in [0.4, 0.5) is 0 Å². The topological polar surface area (TPSA) is 88.5 Å². The van der Waals surface area contributed by atoms with Crippen molar-refractivity contribution in [3.05, 3.63) is 42.2 Å². The van der Waals surface area contributed by atoms with Gasteiger partial charge in [0.05, 0.1) is 12.0 Å². The van der Waals surface area contributed by atoms with E-state index in [2.05, 4.69) is 10.3 Å². The second-order valence-corrected chi connectivity index (χ2v) is 5.82. The number of aromatic nitrogens is 1. The van der Waals surface area contributed by atoms with Crippen LogP contribution in [-0.2, 0) is 9.53 Å². The number of carboxylic acid groups (broad SMARTS) is 1. The molecule has 2 aromatic rings. The first-order valence-corrected chi connectivity index (χ1v) is 7.54. The Morgan fingerprint density at radius 1 is 1.26 bits per heavy atom. The van der Waals surface area contributed by atoms with Crippen LogP contribution in [0.25, 0.3) is 10.8 Å². The van der Waals surface area contributed by atoms with E-state index in [1.165, 1.54) is 0 Å². The van der Waals surface area contributed by atoms with Crippen LogP contribution >= 0.6 is 0 Å². The highest BCUT2D eigenvalue weighted by molar-refractivity contribution is 6.07. The maximum absolute atomic E-state index is 12.7. The molecule has 1 amide bonds. The number of rotatable bonds is 4. The lowest BCUT2D eigenvalue weighted by molar-refractivity contribution is -0.139. The van der Waals surface area contributed by atoms with E-state index in [1.807, 2.05) is 6.07 Å². The monoisotopic (exact) mass is 314 g/mol. The van der Waals surface area contributed by atoms with Crippen LogP contribution in [0.2, 0.25) is 0 Å². The minimum absolute atomic E-state index is 0.103. The maximum atomic E-state index is 12.7. The smallest absolute Gasteiger partial charge is 0.305 e. The number of carbonyl (C=O) groups is 2. The normalized spacial score (nSPS) is 16.9. The lowest BCUT2D eigenvalue weighted by Crippen LogP contribution is -2.53. The molecule has 0 radical (unpaired) electrons. The van der Waals surface area contributed by atoms with Gasteiger partial charge in [0.2, 0.25) is 0 Å². The summed E-state index contributed by atoms with van der Waals surface area (Å²) in [6.07, 6.45) is 4.23. The van der Waals surface area contributed by atoms with Gasteiger partial charge in [-0.3, -0.25) is 14.6 Å². The fourth-order valence-electron chi connectivity index (χ4n) is 3.03. The van der Waals surface area contributed by atoms with Gasteiger partial charge in [0.25, 0.3) is 5.91 Å². The molecule has 6 heteroatoms. The fourth-order valence-corrected chi connectivity index (χ4v) is 3.03. The number of carbonyl (C=O) groups excluding carboxylic acids is 1. The Balaban J connectivity index is 1.90. The van der Waals surface area contributed by atoms with E-state index < -0.39 is 11.5 Å². The summed E-state index contributed by atoms with van der Waals surface area (Å²) in [5.74, 6) is -1.18. The molecule has 0 aliphatic carbocycles. The average molecular weight is 314 g/mol. The van der Waals surface area contributed by atoms with Crippen LogP contribution < -0.4 is 5.32 Å². The molecule has 1 aromatic heterocycles. The molecule has 1 aliphatic heterocycles. The number of hydrogen-bond acceptors (Lipinski definition) is 4. The predicted octanol–water partition coefficient (Wildman–Crippen LogP) is 1.99. The number of pyridine rings is 1. The second kappa shape index (κ2) is 6.34. The van der Waals surface area contributed by atoms with Crippen molar-refractivity contribution in [2.75, 3.05) is 13.2 Å². The van der Waals surface area contributed by atoms with E-state index in [0.29, 0.717) is 31.6 Å². The Hall–Kier alpha value is -2.47. The first-order chi connectivity index (χ1) is 11.1. The van der Waals surface area contributed by atoms with Gasteiger partial charge in [-0.05, 0) is 30.4 Å². The van der Waals surface area contributed by atoms with E-state index in [0.717, 1.165) is 10.8 Å². The molecule has 0 atom stereocenters. The Morgan fingerprint density at radius 3 is 2.78 bits per heavy atom. The lowest BCUT2D eigenvalue weighted by atomic mass is 9.86. The third-order valence-electron chi connectivity index (χ3n) is 4.24. The van der Waals surface area contributed by atoms with Crippen LogP contribution in [0.15, 0.2) is 36.7 Å². The van der Waals surface area contributed by atoms with Gasteiger partial charge in [-0.15, -0.1) is 0 Å². The molecule has 3 rings (SSSR count). The van der Waals surface area contributed by atoms with Gasteiger partial charge in [0.1, 0.15) is 0 Å². The van der Waals surface area contributed by atoms with Gasteiger partial charge >= 0.3 is 5.97 Å². The highest BCUT2D eigenvalue weighted by atomic mass is 16.5. The standard InChI is InChI=1S/C17H18N2O4/c20-15(21)10-17(5-8-23-9-6-17)19-16(22)14-3-1-2-12-11-18-7-4-13(12)14/h1-4,7,11H,5-6,8-10H2,(H,19,22)(H,20,21). The highest BCUT2D eigenvalue weighted by Gasteiger charge is 2.36. The van der Waals surface area contributed by atoms with Crippen molar-refractivity contribution in [1.82, 2.24) is 10.3 Å². The lowest BCUT2D eigenvalue weighted by Gasteiger charge is -2.37. The highest BCUT2D eigenvalue weighted by Crippen LogP contribution is 2.26. The van der Waals surface area contributed by atoms with Crippen molar-refractivity contribution in [3.8, 4) is 0 Å². The molecular weight excluding hydrogens is 296 g/mol. The van der Waals surface area contributed by atoms with Gasteiger partial charge in [-0.2, -0.15) is 0 Å². The van der Waals surface area contributed by atoms with E-state index in [1.54, 1.807) is 30.6 Å². The Kier molecular flexibility index (Phi) is 4.25. The van der Waals surface area contributed by atoms with Crippen molar-refractivity contribution < 1.29 is 19.4 Å². The molecule has 0 saturated carbocycles. The zero-order chi connectivity index (χ0) is 16.3. The minimum atomic E-state index is -0.922. The van der Waals surface area contributed by atoms with E-state index in [-0.39, 0.29) is 12.3 Å². The molecule has 6 nitrogen and oxygen atoms in total. The quantitative estimate of drug-likeness (QED) is 0.901. The summed E-state index contributed by atoms with van der Waals surface area (Å²) in [5.41, 5.74) is -0.225. The predicted molar refractivity (Wildman–Crippen MR) is 84.2 cm³/mol. The number of hydrogen-bond donors (Lipinski definition) is 2. The molecule has 1 aliphatic rings. The summed E-state index contributed by atoms with van der Waals surface area (Å²) in [6, 6.07) is 7.22. The largest absolute Gasteiger partial charge is 0.481 e. The Labute approximate surface area is 133 Å². The summed E-state index contributed by atoms with van der Waals surface area (Å²) in [5, 5.41) is 13.8. The molecule has 0 bridgehead atoms. The zero-order valence-electron chi connectivity index (χ0n) is 12.6. The molecule has 120 valence electrons. The molecule has 2 N–H and O–H groups in total. The van der Waals surface area contributed by atoms with Crippen molar-refractivity contribution in [2.45, 2.75) is 24.8 Å². The van der Waals surface area contributed by atoms with Gasteiger partial charge in [-0.1, -0.05) is 12.1 Å². The van der Waals surface area contributed by atoms with Crippen LogP contribution in [0, 0.1) is 0 Å². The molecule has 1 fully saturated rings. The van der Waals surface area contributed by atoms with E-state index in [4.69, 9.17) is 4.74 Å². The van der Waals surface area contributed by atoms with Gasteiger partial charge in [-0.25, -0.2) is 0 Å². The van der Waals surface area contributed by atoms with E-state index >= 15 is 0 Å². The van der Waals surface area contributed by atoms with Crippen molar-refractivity contribution in [3.63, 3.8) is 0 Å². The van der Waals surface area contributed by atoms with Gasteiger partial charge < -0.3 is 15.2 Å². The van der Waals surface area contributed by atoms with Crippen molar-refractivity contribution in [2.24, 2.45) is 0 Å². The van der Waals surface area contributed by atoms with Crippen molar-refractivity contribution in [1.29, 1.82) is 0 Å². The first-order valence-electron chi connectivity index (χ1n) is 7.54. The van der Waals surface area contributed by atoms with E-state index in [9.17, 15) is 14.7 Å². The number of nitrogens with zero attached hydrogens (tertiary/aromatic N) is 1. The summed E-state index contributed by atoms with van der Waals surface area (Å²) in [7, 11) is 0. The number of aliphatic carboxylic acids is 1. The summed E-state index contributed by atoms with van der Waals surface area (Å²) >= 11 is 0. The average Bonchev–Trinajstić information content (AvgIpc) is 2.54. The Bertz CT molecular complexity index is 733. The number of benzene rings is 1. The molecule has 1 saturated heterocycles. The summed E-state index contributed by atoms with van der Waals surface area (Å²) < 4.78 is 5.31. The Morgan fingerprint density at radius 2 is 2.04 bits per heavy atom. The molecule has 0 unspecified atom stereocenters. The number of ether oxygens (including phenoxy) is 1.